The molecule has 0 aliphatic rings. The fourth-order valence-corrected chi connectivity index (χ4v) is 4.49. The first-order valence-electron chi connectivity index (χ1n) is 11.3. The molecule has 0 saturated carbocycles. The molecule has 3 aromatic rings. The third-order valence-electron chi connectivity index (χ3n) is 5.43. The standard InChI is InChI=1S/C26H27F3N2O4S/c1-4-20-10-5-6-14-24(20)30-25(32)31(18(2)3)17-19-9-7-12-22(15-19)35-36(33,34)23-13-8-11-21(16-23)26(27,28)29/h5-16,18H,4,17H2,1-3H3,(H,30,32). The van der Waals surface area contributed by atoms with Crippen molar-refractivity contribution in [1.82, 2.24) is 4.90 Å². The average Bonchev–Trinajstić information content (AvgIpc) is 2.82. The summed E-state index contributed by atoms with van der Waals surface area (Å²) in [7, 11) is -4.52. The minimum atomic E-state index is -4.69. The Morgan fingerprint density at radius 2 is 1.69 bits per heavy atom. The predicted octanol–water partition coefficient (Wildman–Crippen LogP) is 6.48. The first-order valence-corrected chi connectivity index (χ1v) is 12.7. The number of hydrogen-bond acceptors (Lipinski definition) is 4. The number of anilines is 1. The van der Waals surface area contributed by atoms with Crippen LogP contribution in [0.5, 0.6) is 5.75 Å². The molecule has 3 aromatic carbocycles. The Kier molecular flexibility index (Phi) is 8.29. The van der Waals surface area contributed by atoms with Gasteiger partial charge in [0.25, 0.3) is 0 Å². The third-order valence-corrected chi connectivity index (χ3v) is 6.67. The maximum Gasteiger partial charge on any atom is 0.416 e. The molecule has 0 saturated heterocycles. The number of benzene rings is 3. The van der Waals surface area contributed by atoms with Crippen LogP contribution in [0.4, 0.5) is 23.7 Å². The summed E-state index contributed by atoms with van der Waals surface area (Å²) in [6.45, 7) is 5.84. The number of nitrogens with zero attached hydrogens (tertiary/aromatic N) is 1. The molecule has 0 spiro atoms. The van der Waals surface area contributed by atoms with E-state index in [-0.39, 0.29) is 24.4 Å². The number of nitrogens with one attached hydrogen (secondary N) is 1. The van der Waals surface area contributed by atoms with Gasteiger partial charge in [0.1, 0.15) is 10.6 Å². The molecule has 0 aliphatic heterocycles. The fraction of sp³-hybridized carbons (Fsp3) is 0.269. The quantitative estimate of drug-likeness (QED) is 0.345. The van der Waals surface area contributed by atoms with E-state index in [9.17, 15) is 26.4 Å². The number of hydrogen-bond donors (Lipinski definition) is 1. The smallest absolute Gasteiger partial charge is 0.379 e. The number of para-hydroxylation sites is 1. The Hall–Kier alpha value is -3.53. The number of urea groups is 1. The van der Waals surface area contributed by atoms with Crippen LogP contribution in [0.2, 0.25) is 0 Å². The van der Waals surface area contributed by atoms with Crippen LogP contribution in [0.3, 0.4) is 0 Å². The van der Waals surface area contributed by atoms with Gasteiger partial charge in [0, 0.05) is 18.3 Å². The van der Waals surface area contributed by atoms with Crippen LogP contribution in [0.15, 0.2) is 77.7 Å². The molecule has 0 fully saturated rings. The van der Waals surface area contributed by atoms with Crippen LogP contribution < -0.4 is 9.50 Å². The maximum absolute atomic E-state index is 13.0. The largest absolute Gasteiger partial charge is 0.416 e. The Labute approximate surface area is 208 Å². The molecule has 6 nitrogen and oxygen atoms in total. The monoisotopic (exact) mass is 520 g/mol. The van der Waals surface area contributed by atoms with Crippen molar-refractivity contribution in [3.8, 4) is 5.75 Å². The third kappa shape index (κ3) is 6.78. The number of amides is 2. The lowest BCUT2D eigenvalue weighted by atomic mass is 10.1. The van der Waals surface area contributed by atoms with Crippen LogP contribution in [-0.4, -0.2) is 25.4 Å². The number of aryl methyl sites for hydroxylation is 1. The zero-order chi connectivity index (χ0) is 26.5. The summed E-state index contributed by atoms with van der Waals surface area (Å²) in [6, 6.07) is 16.4. The minimum Gasteiger partial charge on any atom is -0.379 e. The molecular formula is C26H27F3N2O4S. The lowest BCUT2D eigenvalue weighted by Crippen LogP contribution is -2.39. The summed E-state index contributed by atoms with van der Waals surface area (Å²) < 4.78 is 69.4. The van der Waals surface area contributed by atoms with E-state index in [1.807, 2.05) is 45.0 Å². The number of carbonyl (C=O) groups excluding carboxylic acids is 1. The van der Waals surface area contributed by atoms with E-state index in [2.05, 4.69) is 5.32 Å². The second kappa shape index (κ2) is 11.0. The molecule has 192 valence electrons. The van der Waals surface area contributed by atoms with Crippen molar-refractivity contribution in [3.63, 3.8) is 0 Å². The number of alkyl halides is 3. The lowest BCUT2D eigenvalue weighted by Gasteiger charge is -2.27. The second-order valence-electron chi connectivity index (χ2n) is 8.37. The van der Waals surface area contributed by atoms with E-state index < -0.39 is 26.8 Å². The van der Waals surface area contributed by atoms with Gasteiger partial charge in [-0.05, 0) is 67.8 Å². The number of halogens is 3. The summed E-state index contributed by atoms with van der Waals surface area (Å²) in [4.78, 5) is 14.0. The highest BCUT2D eigenvalue weighted by atomic mass is 32.2. The van der Waals surface area contributed by atoms with Gasteiger partial charge in [-0.15, -0.1) is 0 Å². The van der Waals surface area contributed by atoms with E-state index in [1.54, 1.807) is 17.0 Å². The summed E-state index contributed by atoms with van der Waals surface area (Å²) in [5.41, 5.74) is 1.19. The normalized spacial score (nSPS) is 11.9. The van der Waals surface area contributed by atoms with Gasteiger partial charge in [-0.2, -0.15) is 21.6 Å². The zero-order valence-electron chi connectivity index (χ0n) is 20.0. The maximum atomic E-state index is 13.0. The van der Waals surface area contributed by atoms with Crippen molar-refractivity contribution in [1.29, 1.82) is 0 Å². The van der Waals surface area contributed by atoms with E-state index >= 15 is 0 Å². The van der Waals surface area contributed by atoms with Crippen LogP contribution in [-0.2, 0) is 29.3 Å². The highest BCUT2D eigenvalue weighted by molar-refractivity contribution is 7.87. The Morgan fingerprint density at radius 1 is 1.00 bits per heavy atom. The Balaban J connectivity index is 1.79. The van der Waals surface area contributed by atoms with E-state index in [0.29, 0.717) is 17.3 Å². The highest BCUT2D eigenvalue weighted by Crippen LogP contribution is 2.31. The molecule has 0 radical (unpaired) electrons. The van der Waals surface area contributed by atoms with Crippen LogP contribution in [0.1, 0.15) is 37.5 Å². The van der Waals surface area contributed by atoms with E-state index in [4.69, 9.17) is 4.18 Å². The van der Waals surface area contributed by atoms with E-state index in [1.165, 1.54) is 12.1 Å². The van der Waals surface area contributed by atoms with Crippen LogP contribution in [0.25, 0.3) is 0 Å². The summed E-state index contributed by atoms with van der Waals surface area (Å²) in [5.74, 6) is -0.0784. The van der Waals surface area contributed by atoms with Crippen molar-refractivity contribution < 1.29 is 30.6 Å². The summed E-state index contributed by atoms with van der Waals surface area (Å²) in [6.07, 6.45) is -3.94. The van der Waals surface area contributed by atoms with Crippen molar-refractivity contribution in [3.05, 3.63) is 89.5 Å². The Morgan fingerprint density at radius 3 is 2.36 bits per heavy atom. The molecule has 0 atom stereocenters. The van der Waals surface area contributed by atoms with Crippen molar-refractivity contribution >= 4 is 21.8 Å². The molecule has 36 heavy (non-hydrogen) atoms. The van der Waals surface area contributed by atoms with Gasteiger partial charge < -0.3 is 14.4 Å². The lowest BCUT2D eigenvalue weighted by molar-refractivity contribution is -0.137. The minimum absolute atomic E-state index is 0.0784. The SMILES string of the molecule is CCc1ccccc1NC(=O)N(Cc1cccc(OS(=O)(=O)c2cccc(C(F)(F)F)c2)c1)C(C)C. The Bertz CT molecular complexity index is 1320. The van der Waals surface area contributed by atoms with Gasteiger partial charge in [-0.3, -0.25) is 0 Å². The number of carbonyl (C=O) groups is 1. The molecule has 0 heterocycles. The van der Waals surface area contributed by atoms with Gasteiger partial charge >= 0.3 is 22.3 Å². The van der Waals surface area contributed by atoms with Crippen molar-refractivity contribution in [2.75, 3.05) is 5.32 Å². The first kappa shape index (κ1) is 27.1. The molecule has 10 heteroatoms. The van der Waals surface area contributed by atoms with E-state index in [0.717, 1.165) is 30.2 Å². The molecule has 0 aliphatic carbocycles. The van der Waals surface area contributed by atoms with Gasteiger partial charge in [0.2, 0.25) is 0 Å². The number of rotatable bonds is 8. The van der Waals surface area contributed by atoms with Crippen LogP contribution in [0, 0.1) is 0 Å². The summed E-state index contributed by atoms with van der Waals surface area (Å²) >= 11 is 0. The highest BCUT2D eigenvalue weighted by Gasteiger charge is 2.32. The summed E-state index contributed by atoms with van der Waals surface area (Å²) in [5, 5.41) is 2.92. The first-order chi connectivity index (χ1) is 16.9. The van der Waals surface area contributed by atoms with Gasteiger partial charge in [0.15, 0.2) is 0 Å². The fourth-order valence-electron chi connectivity index (χ4n) is 3.52. The molecule has 2 amide bonds. The topological polar surface area (TPSA) is 75.7 Å². The molecule has 3 rings (SSSR count). The van der Waals surface area contributed by atoms with Crippen molar-refractivity contribution in [2.24, 2.45) is 0 Å². The van der Waals surface area contributed by atoms with Gasteiger partial charge in [-0.25, -0.2) is 4.79 Å². The molecule has 0 unspecified atom stereocenters. The molecule has 1 N–H and O–H groups in total. The van der Waals surface area contributed by atoms with Crippen molar-refractivity contribution in [2.45, 2.75) is 50.9 Å². The van der Waals surface area contributed by atoms with Gasteiger partial charge in [-0.1, -0.05) is 43.3 Å². The predicted molar refractivity (Wildman–Crippen MR) is 131 cm³/mol. The van der Waals surface area contributed by atoms with Crippen LogP contribution >= 0.6 is 0 Å². The zero-order valence-corrected chi connectivity index (χ0v) is 20.9. The molecule has 0 aromatic heterocycles. The second-order valence-corrected chi connectivity index (χ2v) is 9.92. The molecule has 0 bridgehead atoms. The van der Waals surface area contributed by atoms with Gasteiger partial charge in [0.05, 0.1) is 5.56 Å². The molecular weight excluding hydrogens is 493 g/mol. The average molecular weight is 521 g/mol.